The Morgan fingerprint density at radius 2 is 1.88 bits per heavy atom. The third kappa shape index (κ3) is 3.08. The minimum atomic E-state index is -2.66. The number of aromatic nitrogens is 3. The molecule has 0 amide bonds. The summed E-state index contributed by atoms with van der Waals surface area (Å²) < 4.78 is 29.7. The molecule has 0 N–H and O–H groups in total. The fourth-order valence-electron chi connectivity index (χ4n) is 4.02. The number of alkyl halides is 2. The van der Waals surface area contributed by atoms with E-state index >= 15 is 0 Å². The van der Waals surface area contributed by atoms with Gasteiger partial charge in [0.1, 0.15) is 5.82 Å². The number of pyridine rings is 1. The molecule has 2 aromatic rings. The van der Waals surface area contributed by atoms with Gasteiger partial charge in [0.05, 0.1) is 11.6 Å². The van der Waals surface area contributed by atoms with Crippen LogP contribution >= 0.6 is 0 Å². The number of hydrogen-bond acceptors (Lipinski definition) is 5. The van der Waals surface area contributed by atoms with Gasteiger partial charge >= 0.3 is 0 Å². The lowest BCUT2D eigenvalue weighted by atomic mass is 9.75. The van der Waals surface area contributed by atoms with E-state index < -0.39 is 11.3 Å². The summed E-state index contributed by atoms with van der Waals surface area (Å²) in [6.45, 7) is 2.38. The highest BCUT2D eigenvalue weighted by molar-refractivity contribution is 5.38. The molecule has 0 radical (unpaired) electrons. The highest BCUT2D eigenvalue weighted by Crippen LogP contribution is 2.50. The summed E-state index contributed by atoms with van der Waals surface area (Å²) >= 11 is 0. The second-order valence-corrected chi connectivity index (χ2v) is 7.04. The molecule has 25 heavy (non-hydrogen) atoms. The van der Waals surface area contributed by atoms with Crippen LogP contribution in [0.3, 0.4) is 0 Å². The summed E-state index contributed by atoms with van der Waals surface area (Å²) in [5.74, 6) is -1.98. The second-order valence-electron chi connectivity index (χ2n) is 7.04. The van der Waals surface area contributed by atoms with Gasteiger partial charge in [0.15, 0.2) is 0 Å². The molecular weight excluding hydrogens is 324 g/mol. The predicted octanol–water partition coefficient (Wildman–Crippen LogP) is 2.61. The molecule has 1 atom stereocenters. The normalized spacial score (nSPS) is 26.2. The number of anilines is 1. The van der Waals surface area contributed by atoms with Crippen LogP contribution in [-0.4, -0.2) is 52.0 Å². The summed E-state index contributed by atoms with van der Waals surface area (Å²) in [5, 5.41) is 0. The van der Waals surface area contributed by atoms with E-state index in [0.717, 1.165) is 5.56 Å². The van der Waals surface area contributed by atoms with Crippen molar-refractivity contribution < 1.29 is 8.78 Å². The number of hydrogen-bond donors (Lipinski definition) is 0. The Labute approximate surface area is 145 Å². The Kier molecular flexibility index (Phi) is 4.11. The molecule has 4 rings (SSSR count). The topological polar surface area (TPSA) is 45.2 Å². The van der Waals surface area contributed by atoms with Gasteiger partial charge in [-0.05, 0) is 18.1 Å². The van der Waals surface area contributed by atoms with Crippen molar-refractivity contribution in [3.63, 3.8) is 0 Å². The lowest BCUT2D eigenvalue weighted by molar-refractivity contribution is -0.158. The van der Waals surface area contributed by atoms with E-state index in [0.29, 0.717) is 45.0 Å². The molecule has 0 aromatic carbocycles. The number of piperidine rings is 1. The molecule has 0 aliphatic carbocycles. The molecule has 0 unspecified atom stereocenters. The highest BCUT2D eigenvalue weighted by atomic mass is 19.3. The lowest BCUT2D eigenvalue weighted by Gasteiger charge is -2.46. The van der Waals surface area contributed by atoms with E-state index in [2.05, 4.69) is 19.9 Å². The van der Waals surface area contributed by atoms with Crippen molar-refractivity contribution >= 4 is 5.82 Å². The van der Waals surface area contributed by atoms with Crippen molar-refractivity contribution in [2.45, 2.75) is 25.3 Å². The third-order valence-electron chi connectivity index (χ3n) is 5.40. The quantitative estimate of drug-likeness (QED) is 0.856. The third-order valence-corrected chi connectivity index (χ3v) is 5.40. The summed E-state index contributed by atoms with van der Waals surface area (Å²) in [5.41, 5.74) is 0.0389. The monoisotopic (exact) mass is 345 g/mol. The van der Waals surface area contributed by atoms with Gasteiger partial charge in [-0.3, -0.25) is 14.9 Å². The molecule has 0 saturated carbocycles. The summed E-state index contributed by atoms with van der Waals surface area (Å²) in [6, 6.07) is 3.88. The molecule has 4 heterocycles. The Bertz CT molecular complexity index is 712. The minimum Gasteiger partial charge on any atom is -0.354 e. The fourth-order valence-corrected chi connectivity index (χ4v) is 4.02. The Morgan fingerprint density at radius 3 is 2.64 bits per heavy atom. The van der Waals surface area contributed by atoms with Crippen molar-refractivity contribution in [2.24, 2.45) is 5.41 Å². The molecule has 2 fully saturated rings. The summed E-state index contributed by atoms with van der Waals surface area (Å²) in [6.07, 6.45) is 8.76. The van der Waals surface area contributed by atoms with E-state index in [9.17, 15) is 8.78 Å². The molecule has 1 spiro atoms. The van der Waals surface area contributed by atoms with Crippen molar-refractivity contribution in [3.8, 4) is 0 Å². The first-order valence-electron chi connectivity index (χ1n) is 8.58. The summed E-state index contributed by atoms with van der Waals surface area (Å²) in [7, 11) is 0. The van der Waals surface area contributed by atoms with Crippen LogP contribution in [0.5, 0.6) is 0 Å². The van der Waals surface area contributed by atoms with Gasteiger partial charge in [-0.1, -0.05) is 6.07 Å². The molecule has 132 valence electrons. The largest absolute Gasteiger partial charge is 0.354 e. The molecule has 2 aromatic heterocycles. The molecule has 5 nitrogen and oxygen atoms in total. The van der Waals surface area contributed by atoms with Gasteiger partial charge in [-0.15, -0.1) is 0 Å². The Balaban J connectivity index is 1.52. The first kappa shape index (κ1) is 16.3. The summed E-state index contributed by atoms with van der Waals surface area (Å²) in [4.78, 5) is 16.5. The van der Waals surface area contributed by atoms with Gasteiger partial charge in [-0.2, -0.15) is 0 Å². The van der Waals surface area contributed by atoms with E-state index in [-0.39, 0.29) is 6.42 Å². The minimum absolute atomic E-state index is 0.0957. The van der Waals surface area contributed by atoms with Crippen LogP contribution in [0.1, 0.15) is 18.4 Å². The van der Waals surface area contributed by atoms with Gasteiger partial charge in [0.2, 0.25) is 0 Å². The molecule has 0 bridgehead atoms. The van der Waals surface area contributed by atoms with Crippen LogP contribution in [0.15, 0.2) is 43.1 Å². The zero-order valence-electron chi connectivity index (χ0n) is 14.0. The van der Waals surface area contributed by atoms with Crippen molar-refractivity contribution in [1.82, 2.24) is 19.9 Å². The smallest absolute Gasteiger partial charge is 0.257 e. The average Bonchev–Trinajstić information content (AvgIpc) is 3.06. The maximum Gasteiger partial charge on any atom is 0.257 e. The Hall–Kier alpha value is -2.15. The maximum atomic E-state index is 14.9. The molecule has 7 heteroatoms. The zero-order valence-corrected chi connectivity index (χ0v) is 14.0. The van der Waals surface area contributed by atoms with Crippen molar-refractivity contribution in [3.05, 3.63) is 48.7 Å². The molecule has 2 aliphatic heterocycles. The Morgan fingerprint density at radius 1 is 1.00 bits per heavy atom. The number of rotatable bonds is 3. The maximum absolute atomic E-state index is 14.9. The van der Waals surface area contributed by atoms with Crippen LogP contribution < -0.4 is 4.90 Å². The first-order valence-corrected chi connectivity index (χ1v) is 8.58. The SMILES string of the molecule is FC1(F)CCN(Cc2cccnc2)C[C@]12CCN(c1cnccn1)C2. The molecule has 2 saturated heterocycles. The van der Waals surface area contributed by atoms with E-state index in [4.69, 9.17) is 0 Å². The van der Waals surface area contributed by atoms with Crippen LogP contribution in [0.4, 0.5) is 14.6 Å². The van der Waals surface area contributed by atoms with Crippen LogP contribution in [-0.2, 0) is 6.54 Å². The highest BCUT2D eigenvalue weighted by Gasteiger charge is 2.59. The fraction of sp³-hybridized carbons (Fsp3) is 0.500. The van der Waals surface area contributed by atoms with Crippen molar-refractivity contribution in [1.29, 1.82) is 0 Å². The number of halogens is 2. The van der Waals surface area contributed by atoms with Crippen LogP contribution in [0.25, 0.3) is 0 Å². The molecular formula is C18H21F2N5. The van der Waals surface area contributed by atoms with Crippen LogP contribution in [0.2, 0.25) is 0 Å². The van der Waals surface area contributed by atoms with Gasteiger partial charge in [0.25, 0.3) is 5.92 Å². The van der Waals surface area contributed by atoms with E-state index in [1.165, 1.54) is 0 Å². The van der Waals surface area contributed by atoms with E-state index in [1.807, 2.05) is 17.0 Å². The standard InChI is InChI=1S/C18H21F2N5/c19-18(20)4-8-24(12-15-2-1-5-21-10-15)13-17(18)3-9-25(14-17)16-11-22-6-7-23-16/h1-2,5-7,10-11H,3-4,8-9,12-14H2/t17-/m0/s1. The number of nitrogens with zero attached hydrogens (tertiary/aromatic N) is 5. The number of likely N-dealkylation sites (tertiary alicyclic amines) is 1. The predicted molar refractivity (Wildman–Crippen MR) is 90.4 cm³/mol. The van der Waals surface area contributed by atoms with Gasteiger partial charge in [0, 0.05) is 63.9 Å². The average molecular weight is 345 g/mol. The second kappa shape index (κ2) is 6.29. The van der Waals surface area contributed by atoms with Gasteiger partial charge < -0.3 is 4.90 Å². The first-order chi connectivity index (χ1) is 12.1. The molecule has 2 aliphatic rings. The van der Waals surface area contributed by atoms with E-state index in [1.54, 1.807) is 31.0 Å². The van der Waals surface area contributed by atoms with Crippen molar-refractivity contribution in [2.75, 3.05) is 31.1 Å². The lowest BCUT2D eigenvalue weighted by Crippen LogP contribution is -2.56. The van der Waals surface area contributed by atoms with Gasteiger partial charge in [-0.25, -0.2) is 13.8 Å². The zero-order chi connectivity index (χ0) is 17.3. The van der Waals surface area contributed by atoms with Crippen LogP contribution in [0, 0.1) is 5.41 Å².